The van der Waals surface area contributed by atoms with E-state index in [-0.39, 0.29) is 4.90 Å². The number of benzene rings is 2. The average molecular weight is 373 g/mol. The van der Waals surface area contributed by atoms with Gasteiger partial charge < -0.3 is 4.42 Å². The molecule has 8 heteroatoms. The van der Waals surface area contributed by atoms with Crippen LogP contribution in [0.3, 0.4) is 0 Å². The van der Waals surface area contributed by atoms with Gasteiger partial charge in [0.25, 0.3) is 0 Å². The van der Waals surface area contributed by atoms with Crippen LogP contribution in [0.5, 0.6) is 0 Å². The van der Waals surface area contributed by atoms with Gasteiger partial charge in [0.05, 0.1) is 17.8 Å². The van der Waals surface area contributed by atoms with E-state index in [0.29, 0.717) is 16.8 Å². The molecule has 0 fully saturated rings. The van der Waals surface area contributed by atoms with E-state index in [1.165, 1.54) is 4.31 Å². The lowest BCUT2D eigenvalue weighted by Gasteiger charge is -2.22. The Balaban J connectivity index is 1.75. The van der Waals surface area contributed by atoms with Gasteiger partial charge in [0, 0.05) is 12.4 Å². The molecule has 0 saturated carbocycles. The van der Waals surface area contributed by atoms with Crippen molar-refractivity contribution in [2.45, 2.75) is 17.9 Å². The van der Waals surface area contributed by atoms with Crippen LogP contribution in [0.2, 0.25) is 0 Å². The van der Waals surface area contributed by atoms with Crippen LogP contribution < -0.4 is 0 Å². The number of furan rings is 1. The molecule has 0 amide bonds. The Morgan fingerprint density at radius 2 is 1.92 bits per heavy atom. The number of fused-ring (bicyclic) bond motifs is 2. The molecule has 2 heterocycles. The first-order valence-electron chi connectivity index (χ1n) is 7.66. The number of rotatable bonds is 4. The standard InChI is InChI=1S/C17H15N3O3S2/c1-11(15-10-12-6-3-4-8-14(12)23-15)20(2)25(21,22)16-9-5-7-13-17(16)19-24-18-13/h3-11H,1-2H3/t11-/m1/s1. The molecule has 6 nitrogen and oxygen atoms in total. The fraction of sp³-hybridized carbons (Fsp3) is 0.176. The van der Waals surface area contributed by atoms with Crippen molar-refractivity contribution in [2.75, 3.05) is 7.05 Å². The molecule has 128 valence electrons. The van der Waals surface area contributed by atoms with Crippen molar-refractivity contribution in [3.8, 4) is 0 Å². The third kappa shape index (κ3) is 2.62. The van der Waals surface area contributed by atoms with Crippen LogP contribution in [-0.2, 0) is 10.0 Å². The molecule has 0 aliphatic heterocycles. The fourth-order valence-electron chi connectivity index (χ4n) is 2.74. The summed E-state index contributed by atoms with van der Waals surface area (Å²) < 4.78 is 41.6. The maximum atomic E-state index is 13.1. The Bertz CT molecular complexity index is 1130. The van der Waals surface area contributed by atoms with Gasteiger partial charge >= 0.3 is 0 Å². The average Bonchev–Trinajstić information content (AvgIpc) is 3.26. The lowest BCUT2D eigenvalue weighted by atomic mass is 10.2. The maximum absolute atomic E-state index is 13.1. The lowest BCUT2D eigenvalue weighted by molar-refractivity contribution is 0.348. The predicted molar refractivity (Wildman–Crippen MR) is 97.0 cm³/mol. The van der Waals surface area contributed by atoms with Crippen LogP contribution in [0.15, 0.2) is 57.8 Å². The zero-order valence-electron chi connectivity index (χ0n) is 13.6. The number of nitrogens with zero attached hydrogens (tertiary/aromatic N) is 3. The molecule has 2 aromatic carbocycles. The van der Waals surface area contributed by atoms with Crippen molar-refractivity contribution in [3.05, 3.63) is 54.3 Å². The van der Waals surface area contributed by atoms with Crippen LogP contribution in [-0.4, -0.2) is 28.5 Å². The molecule has 4 aromatic rings. The van der Waals surface area contributed by atoms with Gasteiger partial charge in [-0.15, -0.1) is 0 Å². The van der Waals surface area contributed by atoms with E-state index < -0.39 is 16.1 Å². The first kappa shape index (κ1) is 16.2. The topological polar surface area (TPSA) is 76.3 Å². The van der Waals surface area contributed by atoms with E-state index in [9.17, 15) is 8.42 Å². The van der Waals surface area contributed by atoms with E-state index >= 15 is 0 Å². The Labute approximate surface area is 149 Å². The zero-order valence-corrected chi connectivity index (χ0v) is 15.2. The Hall–Kier alpha value is -2.29. The molecule has 0 aliphatic rings. The molecule has 0 saturated heterocycles. The fourth-order valence-corrected chi connectivity index (χ4v) is 4.82. The Kier molecular flexibility index (Phi) is 3.82. The number of aromatic nitrogens is 2. The lowest BCUT2D eigenvalue weighted by Crippen LogP contribution is -2.29. The highest BCUT2D eigenvalue weighted by atomic mass is 32.2. The summed E-state index contributed by atoms with van der Waals surface area (Å²) >= 11 is 1.00. The van der Waals surface area contributed by atoms with Crippen LogP contribution in [0, 0.1) is 0 Å². The molecule has 25 heavy (non-hydrogen) atoms. The number of hydrogen-bond acceptors (Lipinski definition) is 6. The van der Waals surface area contributed by atoms with Crippen LogP contribution >= 0.6 is 11.7 Å². The van der Waals surface area contributed by atoms with E-state index in [2.05, 4.69) is 8.75 Å². The zero-order chi connectivity index (χ0) is 17.6. The number of sulfonamides is 1. The van der Waals surface area contributed by atoms with Gasteiger partial charge in [0.2, 0.25) is 10.0 Å². The largest absolute Gasteiger partial charge is 0.459 e. The monoisotopic (exact) mass is 373 g/mol. The van der Waals surface area contributed by atoms with Gasteiger partial charge in [-0.2, -0.15) is 13.1 Å². The summed E-state index contributed by atoms with van der Waals surface area (Å²) in [6.07, 6.45) is 0. The van der Waals surface area contributed by atoms with Crippen molar-refractivity contribution in [1.29, 1.82) is 0 Å². The van der Waals surface area contributed by atoms with Crippen LogP contribution in [0.4, 0.5) is 0 Å². The molecule has 2 aromatic heterocycles. The maximum Gasteiger partial charge on any atom is 0.245 e. The molecule has 0 unspecified atom stereocenters. The van der Waals surface area contributed by atoms with E-state index in [0.717, 1.165) is 22.7 Å². The quantitative estimate of drug-likeness (QED) is 0.543. The third-order valence-electron chi connectivity index (χ3n) is 4.31. The molecular formula is C17H15N3O3S2. The van der Waals surface area contributed by atoms with E-state index in [1.54, 1.807) is 32.2 Å². The van der Waals surface area contributed by atoms with Crippen molar-refractivity contribution in [2.24, 2.45) is 0 Å². The first-order valence-corrected chi connectivity index (χ1v) is 9.83. The van der Waals surface area contributed by atoms with Gasteiger partial charge in [-0.1, -0.05) is 24.3 Å². The van der Waals surface area contributed by atoms with Gasteiger partial charge in [-0.05, 0) is 31.2 Å². The molecular weight excluding hydrogens is 358 g/mol. The molecule has 0 aliphatic carbocycles. The molecule has 0 spiro atoms. The second-order valence-corrected chi connectivity index (χ2v) is 8.27. The summed E-state index contributed by atoms with van der Waals surface area (Å²) in [5, 5.41) is 0.945. The highest BCUT2D eigenvalue weighted by molar-refractivity contribution is 7.89. The minimum absolute atomic E-state index is 0.157. The minimum Gasteiger partial charge on any atom is -0.459 e. The van der Waals surface area contributed by atoms with Crippen molar-refractivity contribution < 1.29 is 12.8 Å². The van der Waals surface area contributed by atoms with Gasteiger partial charge in [-0.3, -0.25) is 0 Å². The normalized spacial score (nSPS) is 13.7. The highest BCUT2D eigenvalue weighted by Gasteiger charge is 2.30. The van der Waals surface area contributed by atoms with Gasteiger partial charge in [0.15, 0.2) is 0 Å². The molecule has 0 bridgehead atoms. The summed E-state index contributed by atoms with van der Waals surface area (Å²) in [6, 6.07) is 14.0. The summed E-state index contributed by atoms with van der Waals surface area (Å²) in [5.74, 6) is 0.593. The molecule has 4 rings (SSSR count). The van der Waals surface area contributed by atoms with Gasteiger partial charge in [0.1, 0.15) is 27.3 Å². The van der Waals surface area contributed by atoms with Gasteiger partial charge in [-0.25, -0.2) is 8.42 Å². The third-order valence-corrected chi connectivity index (χ3v) is 6.81. The van der Waals surface area contributed by atoms with Crippen molar-refractivity contribution in [3.63, 3.8) is 0 Å². The summed E-state index contributed by atoms with van der Waals surface area (Å²) in [6.45, 7) is 1.80. The first-order chi connectivity index (χ1) is 12.0. The molecule has 0 N–H and O–H groups in total. The number of para-hydroxylation sites is 1. The van der Waals surface area contributed by atoms with E-state index in [1.807, 2.05) is 30.3 Å². The van der Waals surface area contributed by atoms with Crippen molar-refractivity contribution in [1.82, 2.24) is 13.1 Å². The molecule has 0 radical (unpaired) electrons. The van der Waals surface area contributed by atoms with Crippen LogP contribution in [0.25, 0.3) is 22.0 Å². The summed E-state index contributed by atoms with van der Waals surface area (Å²) in [7, 11) is -2.20. The van der Waals surface area contributed by atoms with Crippen molar-refractivity contribution >= 4 is 43.8 Å². The number of hydrogen-bond donors (Lipinski definition) is 0. The van der Waals surface area contributed by atoms with E-state index in [4.69, 9.17) is 4.42 Å². The second kappa shape index (κ2) is 5.91. The highest BCUT2D eigenvalue weighted by Crippen LogP contribution is 2.32. The SMILES string of the molecule is C[C@H](c1cc2ccccc2o1)N(C)S(=O)(=O)c1cccc2nsnc12. The summed E-state index contributed by atoms with van der Waals surface area (Å²) in [4.78, 5) is 0.157. The summed E-state index contributed by atoms with van der Waals surface area (Å²) in [5.41, 5.74) is 1.72. The Morgan fingerprint density at radius 1 is 1.12 bits per heavy atom. The minimum atomic E-state index is -3.74. The second-order valence-electron chi connectivity index (χ2n) is 5.77. The smallest absolute Gasteiger partial charge is 0.245 e. The predicted octanol–water partition coefficient (Wildman–Crippen LogP) is 3.82. The molecule has 1 atom stereocenters. The Morgan fingerprint density at radius 3 is 2.72 bits per heavy atom. The van der Waals surface area contributed by atoms with Crippen LogP contribution in [0.1, 0.15) is 18.7 Å².